The van der Waals surface area contributed by atoms with E-state index in [0.29, 0.717) is 0 Å². The second-order valence-corrected chi connectivity index (χ2v) is 4.89. The van der Waals surface area contributed by atoms with E-state index < -0.39 is 11.7 Å². The Bertz CT molecular complexity index is 411. The van der Waals surface area contributed by atoms with Gasteiger partial charge in [-0.25, -0.2) is 0 Å². The Morgan fingerprint density at radius 3 is 2.28 bits per heavy atom. The summed E-state index contributed by atoms with van der Waals surface area (Å²) < 4.78 is 38.8. The molecule has 0 bridgehead atoms. The number of para-hydroxylation sites is 1. The third-order valence-corrected chi connectivity index (χ3v) is 3.27. The van der Waals surface area contributed by atoms with Crippen LogP contribution in [-0.2, 0) is 6.18 Å². The summed E-state index contributed by atoms with van der Waals surface area (Å²) in [6.45, 7) is 1.51. The molecule has 1 aromatic carbocycles. The van der Waals surface area contributed by atoms with Gasteiger partial charge in [-0.1, -0.05) is 12.1 Å². The van der Waals surface area contributed by atoms with Crippen LogP contribution in [-0.4, -0.2) is 24.8 Å². The second-order valence-electron chi connectivity index (χ2n) is 4.89. The molecule has 2 nitrogen and oxygen atoms in total. The van der Waals surface area contributed by atoms with E-state index in [4.69, 9.17) is 4.84 Å². The number of likely N-dealkylation sites (tertiary alicyclic amines) is 1. The lowest BCUT2D eigenvalue weighted by Crippen LogP contribution is -2.50. The second kappa shape index (κ2) is 4.80. The number of quaternary nitrogens is 1. The van der Waals surface area contributed by atoms with Crippen LogP contribution in [0.2, 0.25) is 0 Å². The van der Waals surface area contributed by atoms with Gasteiger partial charge in [0.05, 0.1) is 0 Å². The lowest BCUT2D eigenvalue weighted by atomic mass is 10.1. The molecule has 1 heterocycles. The predicted octanol–water partition coefficient (Wildman–Crippen LogP) is 3.63. The van der Waals surface area contributed by atoms with Crippen LogP contribution in [0.3, 0.4) is 0 Å². The van der Waals surface area contributed by atoms with Crippen LogP contribution in [0.1, 0.15) is 24.8 Å². The molecular formula is C13H17F3NO+. The Labute approximate surface area is 105 Å². The number of hydrogen-bond acceptors (Lipinski definition) is 1. The molecule has 0 spiro atoms. The molecule has 0 amide bonds. The lowest BCUT2D eigenvalue weighted by molar-refractivity contribution is -1.07. The molecule has 0 unspecified atom stereocenters. The summed E-state index contributed by atoms with van der Waals surface area (Å²) in [5.41, 5.74) is -0.699. The van der Waals surface area contributed by atoms with Crippen molar-refractivity contribution in [2.24, 2.45) is 0 Å². The van der Waals surface area contributed by atoms with Gasteiger partial charge in [0.25, 0.3) is 0 Å². The van der Waals surface area contributed by atoms with E-state index in [1.54, 1.807) is 6.07 Å². The standard InChI is InChI=1S/C13H17F3NO/c1-17(9-5-2-6-10-17)18-12-8-4-3-7-11(12)13(14,15)16/h3-4,7-8H,2,5-6,9-10H2,1H3/q+1. The number of piperidine rings is 1. The number of alkyl halides is 3. The van der Waals surface area contributed by atoms with Gasteiger partial charge < -0.3 is 4.84 Å². The highest BCUT2D eigenvalue weighted by atomic mass is 19.4. The molecule has 0 N–H and O–H groups in total. The van der Waals surface area contributed by atoms with Gasteiger partial charge in [0.1, 0.15) is 25.7 Å². The minimum atomic E-state index is -4.37. The van der Waals surface area contributed by atoms with Gasteiger partial charge in [0, 0.05) is 12.8 Å². The van der Waals surface area contributed by atoms with Gasteiger partial charge in [-0.2, -0.15) is 13.2 Å². The van der Waals surface area contributed by atoms with Crippen molar-refractivity contribution in [1.29, 1.82) is 0 Å². The quantitative estimate of drug-likeness (QED) is 0.738. The topological polar surface area (TPSA) is 9.23 Å². The summed E-state index contributed by atoms with van der Waals surface area (Å²) in [6.07, 6.45) is -1.26. The molecule has 2 rings (SSSR count). The van der Waals surface area contributed by atoms with E-state index in [0.717, 1.165) is 38.4 Å². The van der Waals surface area contributed by atoms with Gasteiger partial charge in [-0.3, -0.25) is 0 Å². The highest BCUT2D eigenvalue weighted by Gasteiger charge is 2.37. The molecule has 0 atom stereocenters. The molecule has 0 aliphatic carbocycles. The first kappa shape index (κ1) is 13.2. The first-order valence-electron chi connectivity index (χ1n) is 6.11. The molecule has 1 aliphatic heterocycles. The Balaban J connectivity index is 2.23. The zero-order valence-corrected chi connectivity index (χ0v) is 10.3. The Morgan fingerprint density at radius 2 is 1.67 bits per heavy atom. The summed E-state index contributed by atoms with van der Waals surface area (Å²) in [4.78, 5) is 5.62. The minimum Gasteiger partial charge on any atom is -0.315 e. The van der Waals surface area contributed by atoms with Crippen molar-refractivity contribution in [3.8, 4) is 5.75 Å². The minimum absolute atomic E-state index is 0.0746. The molecule has 5 heteroatoms. The van der Waals surface area contributed by atoms with Gasteiger partial charge in [0.15, 0.2) is 0 Å². The van der Waals surface area contributed by atoms with E-state index in [1.165, 1.54) is 12.1 Å². The maximum Gasteiger partial charge on any atom is 0.420 e. The van der Waals surface area contributed by atoms with E-state index in [9.17, 15) is 13.2 Å². The highest BCUT2D eigenvalue weighted by molar-refractivity contribution is 5.35. The zero-order chi connectivity index (χ0) is 13.2. The smallest absolute Gasteiger partial charge is 0.315 e. The van der Waals surface area contributed by atoms with Crippen LogP contribution in [0.15, 0.2) is 24.3 Å². The maximum atomic E-state index is 12.8. The number of benzene rings is 1. The molecule has 18 heavy (non-hydrogen) atoms. The third-order valence-electron chi connectivity index (χ3n) is 3.27. The van der Waals surface area contributed by atoms with Crippen LogP contribution in [0, 0.1) is 0 Å². The number of hydroxylamine groups is 3. The van der Waals surface area contributed by atoms with E-state index in [1.807, 2.05) is 7.05 Å². The predicted molar refractivity (Wildman–Crippen MR) is 61.8 cm³/mol. The first-order valence-corrected chi connectivity index (χ1v) is 6.11. The van der Waals surface area contributed by atoms with Crippen molar-refractivity contribution < 1.29 is 22.7 Å². The van der Waals surface area contributed by atoms with Gasteiger partial charge in [-0.15, -0.1) is 4.65 Å². The molecule has 1 aromatic rings. The summed E-state index contributed by atoms with van der Waals surface area (Å²) in [5.74, 6) is -0.0746. The van der Waals surface area contributed by atoms with Gasteiger partial charge >= 0.3 is 6.18 Å². The number of halogens is 3. The zero-order valence-electron chi connectivity index (χ0n) is 10.3. The Kier molecular flexibility index (Phi) is 3.52. The van der Waals surface area contributed by atoms with Gasteiger partial charge in [0.2, 0.25) is 5.75 Å². The average molecular weight is 260 g/mol. The fraction of sp³-hybridized carbons (Fsp3) is 0.538. The summed E-state index contributed by atoms with van der Waals surface area (Å²) in [6, 6.07) is 5.40. The fourth-order valence-corrected chi connectivity index (χ4v) is 2.29. The molecule has 1 fully saturated rings. The normalized spacial score (nSPS) is 19.6. The fourth-order valence-electron chi connectivity index (χ4n) is 2.29. The van der Waals surface area contributed by atoms with Crippen molar-refractivity contribution in [2.75, 3.05) is 20.1 Å². The number of rotatable bonds is 2. The molecule has 0 aromatic heterocycles. The monoisotopic (exact) mass is 260 g/mol. The van der Waals surface area contributed by atoms with E-state index in [-0.39, 0.29) is 10.4 Å². The first-order chi connectivity index (χ1) is 8.41. The molecule has 100 valence electrons. The van der Waals surface area contributed by atoms with Crippen molar-refractivity contribution in [2.45, 2.75) is 25.4 Å². The SMILES string of the molecule is C[N+]1(Oc2ccccc2C(F)(F)F)CCCCC1. The lowest BCUT2D eigenvalue weighted by Gasteiger charge is -2.35. The van der Waals surface area contributed by atoms with Crippen LogP contribution in [0.4, 0.5) is 13.2 Å². The Morgan fingerprint density at radius 1 is 1.06 bits per heavy atom. The largest absolute Gasteiger partial charge is 0.420 e. The van der Waals surface area contributed by atoms with Crippen molar-refractivity contribution >= 4 is 0 Å². The van der Waals surface area contributed by atoms with Crippen molar-refractivity contribution in [1.82, 2.24) is 0 Å². The number of hydrogen-bond donors (Lipinski definition) is 0. The molecule has 0 radical (unpaired) electrons. The van der Waals surface area contributed by atoms with E-state index in [2.05, 4.69) is 0 Å². The Hall–Kier alpha value is -1.23. The summed E-state index contributed by atoms with van der Waals surface area (Å²) in [7, 11) is 1.84. The van der Waals surface area contributed by atoms with Gasteiger partial charge in [-0.05, 0) is 18.6 Å². The highest BCUT2D eigenvalue weighted by Crippen LogP contribution is 2.37. The van der Waals surface area contributed by atoms with Crippen LogP contribution >= 0.6 is 0 Å². The molecule has 1 aliphatic rings. The molecular weight excluding hydrogens is 243 g/mol. The average Bonchev–Trinajstić information content (AvgIpc) is 2.28. The van der Waals surface area contributed by atoms with Crippen molar-refractivity contribution in [3.05, 3.63) is 29.8 Å². The summed E-state index contributed by atoms with van der Waals surface area (Å²) >= 11 is 0. The van der Waals surface area contributed by atoms with Crippen molar-refractivity contribution in [3.63, 3.8) is 0 Å². The maximum absolute atomic E-state index is 12.8. The van der Waals surface area contributed by atoms with E-state index >= 15 is 0 Å². The summed E-state index contributed by atoms with van der Waals surface area (Å²) in [5, 5.41) is 0. The number of nitrogens with zero attached hydrogens (tertiary/aromatic N) is 1. The van der Waals surface area contributed by atoms with Crippen LogP contribution in [0.5, 0.6) is 5.75 Å². The van der Waals surface area contributed by atoms with Crippen LogP contribution < -0.4 is 4.84 Å². The third kappa shape index (κ3) is 2.96. The molecule has 1 saturated heterocycles. The van der Waals surface area contributed by atoms with Crippen LogP contribution in [0.25, 0.3) is 0 Å². The molecule has 0 saturated carbocycles.